The van der Waals surface area contributed by atoms with E-state index in [0.29, 0.717) is 17.9 Å². The van der Waals surface area contributed by atoms with E-state index < -0.39 is 5.43 Å². The van der Waals surface area contributed by atoms with Gasteiger partial charge in [0.25, 0.3) is 10.9 Å². The van der Waals surface area contributed by atoms with Crippen molar-refractivity contribution in [3.05, 3.63) is 20.4 Å². The van der Waals surface area contributed by atoms with Crippen molar-refractivity contribution >= 4 is 11.4 Å². The van der Waals surface area contributed by atoms with Crippen LogP contribution in [0.2, 0.25) is 0 Å². The summed E-state index contributed by atoms with van der Waals surface area (Å²) in [5.74, 6) is 0. The molecule has 84 valence electrons. The molecule has 15 heavy (non-hydrogen) atoms. The highest BCUT2D eigenvalue weighted by Gasteiger charge is 2.19. The average molecular weight is 210 g/mol. The first-order chi connectivity index (χ1) is 7.22. The Kier molecular flexibility index (Phi) is 4.34. The van der Waals surface area contributed by atoms with Gasteiger partial charge in [-0.3, -0.25) is 9.59 Å². The van der Waals surface area contributed by atoms with Gasteiger partial charge in [-0.05, 0) is 13.3 Å². The highest BCUT2D eigenvalue weighted by Crippen LogP contribution is 2.13. The van der Waals surface area contributed by atoms with Crippen molar-refractivity contribution in [1.29, 1.82) is 0 Å². The van der Waals surface area contributed by atoms with E-state index in [9.17, 15) is 9.59 Å². The van der Waals surface area contributed by atoms with Crippen LogP contribution in [0.15, 0.2) is 9.59 Å². The molecule has 0 spiro atoms. The minimum absolute atomic E-state index is 0.387. The van der Waals surface area contributed by atoms with Gasteiger partial charge in [-0.1, -0.05) is 19.8 Å². The number of hydrogen-bond acceptors (Lipinski definition) is 4. The summed E-state index contributed by atoms with van der Waals surface area (Å²) in [5, 5.41) is 5.92. The van der Waals surface area contributed by atoms with Crippen LogP contribution in [0.1, 0.15) is 33.1 Å². The number of nitrogens with one attached hydrogen (secondary N) is 2. The van der Waals surface area contributed by atoms with E-state index in [4.69, 9.17) is 0 Å². The lowest BCUT2D eigenvalue weighted by Gasteiger charge is -2.13. The summed E-state index contributed by atoms with van der Waals surface area (Å²) in [6.45, 7) is 5.45. The van der Waals surface area contributed by atoms with Gasteiger partial charge in [-0.15, -0.1) is 0 Å². The zero-order valence-corrected chi connectivity index (χ0v) is 9.35. The largest absolute Gasteiger partial charge is 0.380 e. The van der Waals surface area contributed by atoms with Gasteiger partial charge in [0.15, 0.2) is 0 Å². The molecule has 0 unspecified atom stereocenters. The number of unbranched alkanes of at least 4 members (excludes halogenated alkanes) is 2. The molecule has 0 atom stereocenters. The van der Waals surface area contributed by atoms with E-state index in [1.807, 2.05) is 6.92 Å². The Morgan fingerprint density at radius 3 is 2.07 bits per heavy atom. The summed E-state index contributed by atoms with van der Waals surface area (Å²) < 4.78 is 0. The standard InChI is InChI=1S/C11H18N2O2/c1-3-5-6-7-13-9-8(12-4-2)10(14)11(9)15/h12-13H,3-7H2,1-2H3. The molecule has 0 bridgehead atoms. The van der Waals surface area contributed by atoms with Gasteiger partial charge in [0.2, 0.25) is 0 Å². The van der Waals surface area contributed by atoms with E-state index in [-0.39, 0.29) is 5.43 Å². The molecule has 0 aliphatic heterocycles. The summed E-state index contributed by atoms with van der Waals surface area (Å²) in [7, 11) is 0. The molecule has 0 aromatic heterocycles. The smallest absolute Gasteiger partial charge is 0.253 e. The van der Waals surface area contributed by atoms with Crippen LogP contribution in [0.4, 0.5) is 11.4 Å². The Labute approximate surface area is 89.4 Å². The van der Waals surface area contributed by atoms with Crippen LogP contribution in [0.3, 0.4) is 0 Å². The van der Waals surface area contributed by atoms with Gasteiger partial charge in [-0.25, -0.2) is 0 Å². The molecule has 1 aromatic carbocycles. The fourth-order valence-electron chi connectivity index (χ4n) is 1.49. The fraction of sp³-hybridized carbons (Fsp3) is 0.636. The Hall–Kier alpha value is -1.32. The highest BCUT2D eigenvalue weighted by atomic mass is 16.2. The Morgan fingerprint density at radius 1 is 0.933 bits per heavy atom. The summed E-state index contributed by atoms with van der Waals surface area (Å²) >= 11 is 0. The molecule has 0 saturated carbocycles. The van der Waals surface area contributed by atoms with Crippen LogP contribution in [-0.4, -0.2) is 13.1 Å². The van der Waals surface area contributed by atoms with E-state index in [1.54, 1.807) is 0 Å². The van der Waals surface area contributed by atoms with E-state index >= 15 is 0 Å². The molecule has 2 N–H and O–H groups in total. The summed E-state index contributed by atoms with van der Waals surface area (Å²) in [6, 6.07) is 0. The minimum Gasteiger partial charge on any atom is -0.380 e. The molecule has 0 amide bonds. The molecule has 0 aliphatic rings. The zero-order chi connectivity index (χ0) is 11.3. The molecule has 0 fully saturated rings. The van der Waals surface area contributed by atoms with Crippen molar-refractivity contribution in [3.63, 3.8) is 0 Å². The van der Waals surface area contributed by atoms with Crippen molar-refractivity contribution in [2.75, 3.05) is 23.7 Å². The second kappa shape index (κ2) is 5.53. The molecule has 0 radical (unpaired) electrons. The number of hydrogen-bond donors (Lipinski definition) is 2. The van der Waals surface area contributed by atoms with Gasteiger partial charge < -0.3 is 10.6 Å². The molecule has 0 aliphatic carbocycles. The van der Waals surface area contributed by atoms with Crippen molar-refractivity contribution in [2.45, 2.75) is 33.1 Å². The highest BCUT2D eigenvalue weighted by molar-refractivity contribution is 5.73. The quantitative estimate of drug-likeness (QED) is 0.526. The van der Waals surface area contributed by atoms with E-state index in [1.165, 1.54) is 0 Å². The number of rotatable bonds is 7. The van der Waals surface area contributed by atoms with Crippen LogP contribution in [-0.2, 0) is 0 Å². The molecule has 1 aromatic rings. The molecule has 4 nitrogen and oxygen atoms in total. The minimum atomic E-state index is -0.394. The van der Waals surface area contributed by atoms with Gasteiger partial charge in [-0.2, -0.15) is 0 Å². The molecule has 1 rings (SSSR count). The second-order valence-electron chi connectivity index (χ2n) is 3.57. The van der Waals surface area contributed by atoms with Crippen LogP contribution >= 0.6 is 0 Å². The van der Waals surface area contributed by atoms with Crippen LogP contribution in [0.25, 0.3) is 0 Å². The van der Waals surface area contributed by atoms with Crippen molar-refractivity contribution in [2.24, 2.45) is 0 Å². The third kappa shape index (κ3) is 2.58. The molecular weight excluding hydrogens is 192 g/mol. The number of anilines is 2. The van der Waals surface area contributed by atoms with E-state index in [0.717, 1.165) is 25.8 Å². The van der Waals surface area contributed by atoms with Crippen molar-refractivity contribution in [3.8, 4) is 0 Å². The zero-order valence-electron chi connectivity index (χ0n) is 9.35. The third-order valence-electron chi connectivity index (χ3n) is 2.35. The molecule has 0 heterocycles. The molecular formula is C11H18N2O2. The lowest BCUT2D eigenvalue weighted by molar-refractivity contribution is 0.743. The Bertz CT molecular complexity index is 378. The van der Waals surface area contributed by atoms with Gasteiger partial charge in [0.1, 0.15) is 11.4 Å². The second-order valence-corrected chi connectivity index (χ2v) is 3.57. The predicted molar refractivity (Wildman–Crippen MR) is 63.5 cm³/mol. The van der Waals surface area contributed by atoms with Gasteiger partial charge in [0.05, 0.1) is 0 Å². The maximum Gasteiger partial charge on any atom is 0.253 e. The van der Waals surface area contributed by atoms with E-state index in [2.05, 4.69) is 17.6 Å². The summed E-state index contributed by atoms with van der Waals surface area (Å²) in [5.41, 5.74) is 0.147. The Balaban J connectivity index is 2.50. The van der Waals surface area contributed by atoms with Gasteiger partial charge in [0, 0.05) is 13.1 Å². The molecule has 4 heteroatoms. The normalized spacial score (nSPS) is 10.5. The Morgan fingerprint density at radius 2 is 1.53 bits per heavy atom. The third-order valence-corrected chi connectivity index (χ3v) is 2.35. The van der Waals surface area contributed by atoms with Crippen LogP contribution in [0, 0.1) is 0 Å². The van der Waals surface area contributed by atoms with Gasteiger partial charge >= 0.3 is 0 Å². The van der Waals surface area contributed by atoms with Crippen LogP contribution in [0.5, 0.6) is 0 Å². The van der Waals surface area contributed by atoms with Crippen molar-refractivity contribution < 1.29 is 0 Å². The average Bonchev–Trinajstić information content (AvgIpc) is 2.26. The first kappa shape index (κ1) is 11.8. The first-order valence-electron chi connectivity index (χ1n) is 5.53. The lowest BCUT2D eigenvalue weighted by Crippen LogP contribution is -2.37. The maximum absolute atomic E-state index is 11.2. The first-order valence-corrected chi connectivity index (χ1v) is 5.53. The fourth-order valence-corrected chi connectivity index (χ4v) is 1.49. The predicted octanol–water partition coefficient (Wildman–Crippen LogP) is 1.32. The van der Waals surface area contributed by atoms with Crippen molar-refractivity contribution in [1.82, 2.24) is 0 Å². The SMILES string of the molecule is CCCCCNc1c(NCC)c(=O)c1=O. The summed E-state index contributed by atoms with van der Waals surface area (Å²) in [6.07, 6.45) is 3.31. The summed E-state index contributed by atoms with van der Waals surface area (Å²) in [4.78, 5) is 22.3. The monoisotopic (exact) mass is 210 g/mol. The topological polar surface area (TPSA) is 58.2 Å². The maximum atomic E-state index is 11.2. The molecule has 0 saturated heterocycles. The van der Waals surface area contributed by atoms with Crippen LogP contribution < -0.4 is 21.5 Å². The lowest BCUT2D eigenvalue weighted by atomic mass is 10.2.